The Morgan fingerprint density at radius 1 is 1.25 bits per heavy atom. The molecule has 0 fully saturated rings. The van der Waals surface area contributed by atoms with Crippen molar-refractivity contribution in [3.8, 4) is 0 Å². The number of primary amides is 1. The molecule has 0 aliphatic carbocycles. The number of hydrogen-bond donors (Lipinski definition) is 4. The summed E-state index contributed by atoms with van der Waals surface area (Å²) in [5, 5.41) is 10.4. The molecule has 0 aliphatic heterocycles. The summed E-state index contributed by atoms with van der Waals surface area (Å²) in [7, 11) is 0. The van der Waals surface area contributed by atoms with E-state index < -0.39 is 17.8 Å². The summed E-state index contributed by atoms with van der Waals surface area (Å²) in [6.07, 6.45) is 0. The Hall–Kier alpha value is -2.57. The monoisotopic (exact) mass is 223 g/mol. The zero-order valence-corrected chi connectivity index (χ0v) is 8.06. The highest BCUT2D eigenvalue weighted by Crippen LogP contribution is 2.18. The summed E-state index contributed by atoms with van der Waals surface area (Å²) >= 11 is 0. The van der Waals surface area contributed by atoms with Crippen LogP contribution in [0, 0.1) is 0 Å². The van der Waals surface area contributed by atoms with Gasteiger partial charge in [-0.1, -0.05) is 0 Å². The summed E-state index contributed by atoms with van der Waals surface area (Å²) in [6.45, 7) is 0. The van der Waals surface area contributed by atoms with Gasteiger partial charge in [-0.2, -0.15) is 0 Å². The number of carbonyl (C=O) groups is 3. The van der Waals surface area contributed by atoms with Crippen molar-refractivity contribution in [2.24, 2.45) is 5.73 Å². The lowest BCUT2D eigenvalue weighted by atomic mass is 10.1. The lowest BCUT2D eigenvalue weighted by Crippen LogP contribution is -2.24. The molecular weight excluding hydrogens is 214 g/mol. The van der Waals surface area contributed by atoms with Gasteiger partial charge in [-0.05, 0) is 18.2 Å². The summed E-state index contributed by atoms with van der Waals surface area (Å²) in [6, 6.07) is 3.96. The lowest BCUT2D eigenvalue weighted by Gasteiger charge is -2.07. The van der Waals surface area contributed by atoms with Crippen LogP contribution in [0.3, 0.4) is 0 Å². The lowest BCUT2D eigenvalue weighted by molar-refractivity contribution is -0.147. The smallest absolute Gasteiger partial charge is 0.394 e. The van der Waals surface area contributed by atoms with Crippen LogP contribution in [-0.4, -0.2) is 22.9 Å². The van der Waals surface area contributed by atoms with Crippen molar-refractivity contribution < 1.29 is 19.5 Å². The van der Waals surface area contributed by atoms with E-state index in [0.29, 0.717) is 0 Å². The Morgan fingerprint density at radius 3 is 2.38 bits per heavy atom. The number of anilines is 2. The van der Waals surface area contributed by atoms with Crippen LogP contribution in [0.4, 0.5) is 11.4 Å². The highest BCUT2D eigenvalue weighted by atomic mass is 16.4. The van der Waals surface area contributed by atoms with Gasteiger partial charge in [0, 0.05) is 5.69 Å². The van der Waals surface area contributed by atoms with Gasteiger partial charge < -0.3 is 21.9 Å². The number of amides is 2. The van der Waals surface area contributed by atoms with Crippen LogP contribution in [-0.2, 0) is 9.59 Å². The molecule has 6 N–H and O–H groups in total. The molecule has 1 aromatic rings. The molecule has 0 atom stereocenters. The van der Waals surface area contributed by atoms with Crippen LogP contribution < -0.4 is 16.8 Å². The summed E-state index contributed by atoms with van der Waals surface area (Å²) in [5.41, 5.74) is 10.7. The third-order valence-electron chi connectivity index (χ3n) is 1.75. The molecular formula is C9H9N3O4. The molecule has 0 spiro atoms. The number of nitrogen functional groups attached to an aromatic ring is 1. The average Bonchev–Trinajstić information content (AvgIpc) is 2.20. The number of carbonyl (C=O) groups excluding carboxylic acids is 2. The quantitative estimate of drug-likeness (QED) is 0.391. The van der Waals surface area contributed by atoms with Gasteiger partial charge in [0.2, 0.25) is 0 Å². The number of hydrogen-bond acceptors (Lipinski definition) is 4. The van der Waals surface area contributed by atoms with Gasteiger partial charge in [-0.3, -0.25) is 9.59 Å². The first-order valence-corrected chi connectivity index (χ1v) is 4.15. The van der Waals surface area contributed by atoms with E-state index in [1.54, 1.807) is 0 Å². The van der Waals surface area contributed by atoms with Crippen LogP contribution in [0.2, 0.25) is 0 Å². The molecule has 1 rings (SSSR count). The van der Waals surface area contributed by atoms with Crippen LogP contribution in [0.1, 0.15) is 10.4 Å². The molecule has 0 aliphatic rings. The topological polar surface area (TPSA) is 136 Å². The molecule has 7 nitrogen and oxygen atoms in total. The van der Waals surface area contributed by atoms with Crippen molar-refractivity contribution >= 4 is 29.2 Å². The third kappa shape index (κ3) is 2.47. The van der Waals surface area contributed by atoms with E-state index >= 15 is 0 Å². The van der Waals surface area contributed by atoms with Gasteiger partial charge in [-0.15, -0.1) is 0 Å². The number of rotatable bonds is 2. The molecule has 0 heterocycles. The predicted molar refractivity (Wildman–Crippen MR) is 55.6 cm³/mol. The second-order valence-corrected chi connectivity index (χ2v) is 2.93. The molecule has 84 valence electrons. The molecule has 0 radical (unpaired) electrons. The maximum absolute atomic E-state index is 11.0. The Bertz CT molecular complexity index is 470. The molecule has 0 saturated carbocycles. The van der Waals surface area contributed by atoms with E-state index in [2.05, 4.69) is 0 Å². The second-order valence-electron chi connectivity index (χ2n) is 2.93. The van der Waals surface area contributed by atoms with Crippen LogP contribution in [0.15, 0.2) is 18.2 Å². The zero-order chi connectivity index (χ0) is 12.3. The first-order valence-electron chi connectivity index (χ1n) is 4.15. The molecule has 0 aromatic heterocycles. The van der Waals surface area contributed by atoms with E-state index in [0.717, 1.165) is 0 Å². The fourth-order valence-electron chi connectivity index (χ4n) is 1.05. The minimum atomic E-state index is -1.66. The Balaban J connectivity index is 3.09. The average molecular weight is 223 g/mol. The maximum Gasteiger partial charge on any atom is 0.394 e. The van der Waals surface area contributed by atoms with Crippen molar-refractivity contribution in [1.82, 2.24) is 0 Å². The van der Waals surface area contributed by atoms with E-state index in [4.69, 9.17) is 16.6 Å². The van der Waals surface area contributed by atoms with Gasteiger partial charge >= 0.3 is 11.9 Å². The van der Waals surface area contributed by atoms with E-state index in [9.17, 15) is 14.4 Å². The summed E-state index contributed by atoms with van der Waals surface area (Å²) in [4.78, 5) is 32.2. The van der Waals surface area contributed by atoms with E-state index in [1.807, 2.05) is 5.32 Å². The van der Waals surface area contributed by atoms with Crippen LogP contribution in [0.25, 0.3) is 0 Å². The van der Waals surface area contributed by atoms with Gasteiger partial charge in [0.25, 0.3) is 5.91 Å². The fourth-order valence-corrected chi connectivity index (χ4v) is 1.05. The second kappa shape index (κ2) is 4.30. The van der Waals surface area contributed by atoms with Crippen molar-refractivity contribution in [2.75, 3.05) is 11.1 Å². The predicted octanol–water partition coefficient (Wildman–Crippen LogP) is -0.609. The van der Waals surface area contributed by atoms with E-state index in [1.165, 1.54) is 18.2 Å². The minimum Gasteiger partial charge on any atom is -0.474 e. The van der Waals surface area contributed by atoms with Crippen molar-refractivity contribution in [3.05, 3.63) is 23.8 Å². The number of carboxylic acids is 1. The molecule has 0 saturated heterocycles. The van der Waals surface area contributed by atoms with Crippen LogP contribution >= 0.6 is 0 Å². The normalized spacial score (nSPS) is 9.50. The van der Waals surface area contributed by atoms with Gasteiger partial charge in [0.1, 0.15) is 0 Å². The van der Waals surface area contributed by atoms with Crippen molar-refractivity contribution in [2.45, 2.75) is 0 Å². The standard InChI is InChI=1S/C9H9N3O4/c10-4-1-2-6(5(3-4)7(11)13)12-8(14)9(15)16/h1-3H,10H2,(H2,11,13)(H,12,14)(H,15,16). The Labute approximate surface area is 90.0 Å². The molecule has 0 bridgehead atoms. The Morgan fingerprint density at radius 2 is 1.88 bits per heavy atom. The van der Waals surface area contributed by atoms with Gasteiger partial charge in [0.15, 0.2) is 0 Å². The van der Waals surface area contributed by atoms with Crippen molar-refractivity contribution in [1.29, 1.82) is 0 Å². The molecule has 16 heavy (non-hydrogen) atoms. The summed E-state index contributed by atoms with van der Waals surface area (Å²) < 4.78 is 0. The number of nitrogens with one attached hydrogen (secondary N) is 1. The summed E-state index contributed by atoms with van der Waals surface area (Å²) in [5.74, 6) is -3.73. The molecule has 1 aromatic carbocycles. The first kappa shape index (κ1) is 11.5. The maximum atomic E-state index is 11.0. The number of benzene rings is 1. The van der Waals surface area contributed by atoms with Crippen molar-refractivity contribution in [3.63, 3.8) is 0 Å². The zero-order valence-electron chi connectivity index (χ0n) is 8.06. The van der Waals surface area contributed by atoms with Gasteiger partial charge in [0.05, 0.1) is 11.3 Å². The molecule has 0 unspecified atom stereocenters. The van der Waals surface area contributed by atoms with Crippen LogP contribution in [0.5, 0.6) is 0 Å². The number of aliphatic carboxylic acids is 1. The number of carboxylic acid groups (broad SMARTS) is 1. The first-order chi connectivity index (χ1) is 7.41. The highest BCUT2D eigenvalue weighted by molar-refractivity contribution is 6.36. The number of nitrogens with two attached hydrogens (primary N) is 2. The minimum absolute atomic E-state index is 0.00843. The SMILES string of the molecule is NC(=O)c1cc(N)ccc1NC(=O)C(=O)O. The third-order valence-corrected chi connectivity index (χ3v) is 1.75. The fraction of sp³-hybridized carbons (Fsp3) is 0. The molecule has 2 amide bonds. The highest BCUT2D eigenvalue weighted by Gasteiger charge is 2.15. The van der Waals surface area contributed by atoms with E-state index in [-0.39, 0.29) is 16.9 Å². The Kier molecular flexibility index (Phi) is 3.09. The van der Waals surface area contributed by atoms with Gasteiger partial charge in [-0.25, -0.2) is 4.79 Å². The largest absolute Gasteiger partial charge is 0.474 e. The molecule has 7 heteroatoms.